The lowest BCUT2D eigenvalue weighted by molar-refractivity contribution is 0.745. The Labute approximate surface area is 107 Å². The first-order valence-electron chi connectivity index (χ1n) is 6.16. The summed E-state index contributed by atoms with van der Waals surface area (Å²) in [5.41, 5.74) is 2.18. The molecule has 2 aromatic rings. The predicted molar refractivity (Wildman–Crippen MR) is 74.5 cm³/mol. The maximum atomic E-state index is 4.31. The van der Waals surface area contributed by atoms with E-state index in [0.29, 0.717) is 5.95 Å². The number of benzene rings is 1. The van der Waals surface area contributed by atoms with Gasteiger partial charge in [0.15, 0.2) is 0 Å². The second-order valence-corrected chi connectivity index (χ2v) is 4.05. The van der Waals surface area contributed by atoms with E-state index in [1.807, 2.05) is 37.6 Å². The van der Waals surface area contributed by atoms with E-state index >= 15 is 0 Å². The zero-order valence-electron chi connectivity index (χ0n) is 10.6. The van der Waals surface area contributed by atoms with E-state index in [9.17, 15) is 0 Å². The SMILES string of the molecule is CNCCCNc1ncc(-c2ccccc2)cn1. The van der Waals surface area contributed by atoms with Crippen LogP contribution in [0.15, 0.2) is 42.7 Å². The first kappa shape index (κ1) is 12.5. The molecule has 0 bridgehead atoms. The minimum absolute atomic E-state index is 0.686. The Bertz CT molecular complexity index is 453. The lowest BCUT2D eigenvalue weighted by Crippen LogP contribution is -2.13. The van der Waals surface area contributed by atoms with Gasteiger partial charge >= 0.3 is 0 Å². The fraction of sp³-hybridized carbons (Fsp3) is 0.286. The highest BCUT2D eigenvalue weighted by Gasteiger charge is 1.99. The fourth-order valence-electron chi connectivity index (χ4n) is 1.66. The van der Waals surface area contributed by atoms with Crippen LogP contribution in [0.25, 0.3) is 11.1 Å². The van der Waals surface area contributed by atoms with E-state index in [2.05, 4.69) is 32.7 Å². The second-order valence-electron chi connectivity index (χ2n) is 4.05. The number of rotatable bonds is 6. The average molecular weight is 242 g/mol. The van der Waals surface area contributed by atoms with Gasteiger partial charge < -0.3 is 10.6 Å². The molecular weight excluding hydrogens is 224 g/mol. The minimum Gasteiger partial charge on any atom is -0.354 e. The van der Waals surface area contributed by atoms with Gasteiger partial charge in [-0.05, 0) is 25.6 Å². The summed E-state index contributed by atoms with van der Waals surface area (Å²) in [5, 5.41) is 6.30. The zero-order valence-corrected chi connectivity index (χ0v) is 10.6. The molecule has 0 saturated carbocycles. The largest absolute Gasteiger partial charge is 0.354 e. The third kappa shape index (κ3) is 3.53. The Morgan fingerprint density at radius 3 is 2.33 bits per heavy atom. The molecule has 0 saturated heterocycles. The van der Waals surface area contributed by atoms with Crippen LogP contribution in [0.1, 0.15) is 6.42 Å². The van der Waals surface area contributed by atoms with Crippen molar-refractivity contribution in [3.05, 3.63) is 42.7 Å². The van der Waals surface area contributed by atoms with Crippen molar-refractivity contribution in [1.82, 2.24) is 15.3 Å². The van der Waals surface area contributed by atoms with E-state index in [-0.39, 0.29) is 0 Å². The van der Waals surface area contributed by atoms with Gasteiger partial charge in [-0.15, -0.1) is 0 Å². The molecule has 0 aliphatic heterocycles. The summed E-state index contributed by atoms with van der Waals surface area (Å²) in [5.74, 6) is 0.686. The van der Waals surface area contributed by atoms with Gasteiger partial charge in [-0.25, -0.2) is 9.97 Å². The Kier molecular flexibility index (Phi) is 4.67. The van der Waals surface area contributed by atoms with Crippen molar-refractivity contribution in [2.24, 2.45) is 0 Å². The lowest BCUT2D eigenvalue weighted by Gasteiger charge is -2.05. The van der Waals surface area contributed by atoms with E-state index < -0.39 is 0 Å². The summed E-state index contributed by atoms with van der Waals surface area (Å²) in [7, 11) is 1.95. The maximum Gasteiger partial charge on any atom is 0.222 e. The van der Waals surface area contributed by atoms with Gasteiger partial charge in [-0.3, -0.25) is 0 Å². The van der Waals surface area contributed by atoms with E-state index in [1.54, 1.807) is 0 Å². The molecule has 1 heterocycles. The molecule has 0 aliphatic carbocycles. The van der Waals surface area contributed by atoms with Gasteiger partial charge in [0.1, 0.15) is 0 Å². The van der Waals surface area contributed by atoms with Crippen molar-refractivity contribution in [2.75, 3.05) is 25.5 Å². The van der Waals surface area contributed by atoms with Gasteiger partial charge in [0.2, 0.25) is 5.95 Å². The molecule has 94 valence electrons. The molecule has 0 fully saturated rings. The Balaban J connectivity index is 1.94. The zero-order chi connectivity index (χ0) is 12.6. The van der Waals surface area contributed by atoms with Crippen LogP contribution in [0.2, 0.25) is 0 Å². The van der Waals surface area contributed by atoms with E-state index in [1.165, 1.54) is 0 Å². The number of anilines is 1. The highest BCUT2D eigenvalue weighted by atomic mass is 15.1. The monoisotopic (exact) mass is 242 g/mol. The first-order chi connectivity index (χ1) is 8.90. The molecule has 0 radical (unpaired) electrons. The first-order valence-corrected chi connectivity index (χ1v) is 6.16. The van der Waals surface area contributed by atoms with Gasteiger partial charge in [0.05, 0.1) is 0 Å². The molecule has 0 aliphatic rings. The van der Waals surface area contributed by atoms with Crippen molar-refractivity contribution < 1.29 is 0 Å². The fourth-order valence-corrected chi connectivity index (χ4v) is 1.66. The molecule has 0 amide bonds. The third-order valence-corrected chi connectivity index (χ3v) is 2.65. The maximum absolute atomic E-state index is 4.31. The van der Waals surface area contributed by atoms with Gasteiger partial charge in [0.25, 0.3) is 0 Å². The molecule has 1 aromatic heterocycles. The van der Waals surface area contributed by atoms with Crippen molar-refractivity contribution in [3.8, 4) is 11.1 Å². The number of aromatic nitrogens is 2. The molecule has 0 atom stereocenters. The van der Waals surface area contributed by atoms with Crippen LogP contribution >= 0.6 is 0 Å². The number of hydrogen-bond acceptors (Lipinski definition) is 4. The Morgan fingerprint density at radius 1 is 0.944 bits per heavy atom. The molecule has 2 rings (SSSR count). The minimum atomic E-state index is 0.686. The Morgan fingerprint density at radius 2 is 1.67 bits per heavy atom. The lowest BCUT2D eigenvalue weighted by atomic mass is 10.1. The normalized spacial score (nSPS) is 10.3. The molecule has 1 aromatic carbocycles. The number of nitrogens with one attached hydrogen (secondary N) is 2. The third-order valence-electron chi connectivity index (χ3n) is 2.65. The van der Waals surface area contributed by atoms with Crippen LogP contribution in [-0.2, 0) is 0 Å². The smallest absolute Gasteiger partial charge is 0.222 e. The van der Waals surface area contributed by atoms with Crippen LogP contribution in [0.5, 0.6) is 0 Å². The standard InChI is InChI=1S/C14H18N4/c1-15-8-5-9-16-14-17-10-13(11-18-14)12-6-3-2-4-7-12/h2-4,6-7,10-11,15H,5,8-9H2,1H3,(H,16,17,18). The molecule has 18 heavy (non-hydrogen) atoms. The van der Waals surface area contributed by atoms with Crippen LogP contribution in [0, 0.1) is 0 Å². The topological polar surface area (TPSA) is 49.8 Å². The van der Waals surface area contributed by atoms with Gasteiger partial charge in [-0.2, -0.15) is 0 Å². The quantitative estimate of drug-likeness (QED) is 0.762. The Hall–Kier alpha value is -1.94. The summed E-state index contributed by atoms with van der Waals surface area (Å²) in [4.78, 5) is 8.62. The van der Waals surface area contributed by atoms with Gasteiger partial charge in [-0.1, -0.05) is 30.3 Å². The van der Waals surface area contributed by atoms with Gasteiger partial charge in [0, 0.05) is 24.5 Å². The summed E-state index contributed by atoms with van der Waals surface area (Å²) >= 11 is 0. The van der Waals surface area contributed by atoms with Crippen molar-refractivity contribution >= 4 is 5.95 Å². The van der Waals surface area contributed by atoms with Crippen molar-refractivity contribution in [2.45, 2.75) is 6.42 Å². The van der Waals surface area contributed by atoms with Crippen LogP contribution < -0.4 is 10.6 Å². The summed E-state index contributed by atoms with van der Waals surface area (Å²) in [6.07, 6.45) is 4.76. The van der Waals surface area contributed by atoms with Crippen molar-refractivity contribution in [3.63, 3.8) is 0 Å². The predicted octanol–water partition coefficient (Wildman–Crippen LogP) is 2.17. The number of hydrogen-bond donors (Lipinski definition) is 2. The van der Waals surface area contributed by atoms with E-state index in [4.69, 9.17) is 0 Å². The van der Waals surface area contributed by atoms with E-state index in [0.717, 1.165) is 30.6 Å². The molecule has 0 unspecified atom stereocenters. The molecule has 4 heteroatoms. The summed E-state index contributed by atoms with van der Waals surface area (Å²) in [6.45, 7) is 1.88. The number of nitrogens with zero attached hydrogens (tertiary/aromatic N) is 2. The molecule has 2 N–H and O–H groups in total. The highest BCUT2D eigenvalue weighted by Crippen LogP contribution is 2.16. The molecule has 0 spiro atoms. The second kappa shape index (κ2) is 6.71. The summed E-state index contributed by atoms with van der Waals surface area (Å²) in [6, 6.07) is 10.1. The van der Waals surface area contributed by atoms with Crippen LogP contribution in [0.4, 0.5) is 5.95 Å². The van der Waals surface area contributed by atoms with Crippen LogP contribution in [0.3, 0.4) is 0 Å². The van der Waals surface area contributed by atoms with Crippen LogP contribution in [-0.4, -0.2) is 30.1 Å². The highest BCUT2D eigenvalue weighted by molar-refractivity contribution is 5.61. The van der Waals surface area contributed by atoms with Crippen molar-refractivity contribution in [1.29, 1.82) is 0 Å². The average Bonchev–Trinajstić information content (AvgIpc) is 2.45. The molecular formula is C14H18N4. The summed E-state index contributed by atoms with van der Waals surface area (Å²) < 4.78 is 0. The molecule has 4 nitrogen and oxygen atoms in total.